The molecule has 21 heavy (non-hydrogen) atoms. The summed E-state index contributed by atoms with van der Waals surface area (Å²) in [5.74, 6) is 0.543. The molecular weight excluding hydrogens is 399 g/mol. The Balaban J connectivity index is 0.00000220. The Morgan fingerprint density at radius 1 is 1.38 bits per heavy atom. The molecule has 1 saturated heterocycles. The minimum atomic E-state index is -3.53. The fraction of sp³-hybridized carbons (Fsp3) is 0.538. The van der Waals surface area contributed by atoms with Gasteiger partial charge in [-0.1, -0.05) is 17.7 Å². The van der Waals surface area contributed by atoms with Crippen molar-refractivity contribution >= 4 is 50.0 Å². The van der Waals surface area contributed by atoms with Gasteiger partial charge in [-0.2, -0.15) is 4.31 Å². The normalized spacial score (nSPS) is 17.5. The van der Waals surface area contributed by atoms with Gasteiger partial charge in [0.25, 0.3) is 0 Å². The number of hydrogen-bond acceptors (Lipinski definition) is 3. The van der Waals surface area contributed by atoms with Gasteiger partial charge in [0.1, 0.15) is 4.90 Å². The van der Waals surface area contributed by atoms with Crippen molar-refractivity contribution in [3.05, 3.63) is 27.7 Å². The lowest BCUT2D eigenvalue weighted by molar-refractivity contribution is 0.270. The van der Waals surface area contributed by atoms with E-state index in [1.807, 2.05) is 7.05 Å². The van der Waals surface area contributed by atoms with E-state index in [9.17, 15) is 8.42 Å². The Labute approximate surface area is 145 Å². The smallest absolute Gasteiger partial charge is 0.245 e. The molecule has 0 saturated carbocycles. The first-order chi connectivity index (χ1) is 9.46. The van der Waals surface area contributed by atoms with Crippen LogP contribution in [0.4, 0.5) is 0 Å². The average molecular weight is 418 g/mol. The van der Waals surface area contributed by atoms with Crippen molar-refractivity contribution < 1.29 is 8.42 Å². The molecule has 0 bridgehead atoms. The van der Waals surface area contributed by atoms with E-state index in [0.717, 1.165) is 19.4 Å². The van der Waals surface area contributed by atoms with Crippen LogP contribution in [0.5, 0.6) is 0 Å². The lowest BCUT2D eigenvalue weighted by Gasteiger charge is -2.31. The minimum Gasteiger partial charge on any atom is -0.319 e. The standard InChI is InChI=1S/C13H18BrClN2O2S.ClH/c1-16-9-10-5-7-17(8-6-10)20(18,19)13-11(14)3-2-4-12(13)15;/h2-4,10,16H,5-9H2,1H3;1H. The summed E-state index contributed by atoms with van der Waals surface area (Å²) in [5, 5.41) is 3.41. The van der Waals surface area contributed by atoms with Gasteiger partial charge in [0, 0.05) is 17.6 Å². The first kappa shape index (κ1) is 19.2. The van der Waals surface area contributed by atoms with E-state index < -0.39 is 10.0 Å². The quantitative estimate of drug-likeness (QED) is 0.818. The molecule has 1 aromatic rings. The van der Waals surface area contributed by atoms with Gasteiger partial charge in [-0.25, -0.2) is 8.42 Å². The monoisotopic (exact) mass is 416 g/mol. The number of nitrogens with zero attached hydrogens (tertiary/aromatic N) is 1. The van der Waals surface area contributed by atoms with Crippen LogP contribution in [0.25, 0.3) is 0 Å². The fourth-order valence-corrected chi connectivity index (χ4v) is 5.64. The average Bonchev–Trinajstić information content (AvgIpc) is 2.39. The van der Waals surface area contributed by atoms with Crippen LogP contribution in [0.2, 0.25) is 5.02 Å². The highest BCUT2D eigenvalue weighted by molar-refractivity contribution is 9.10. The molecule has 1 fully saturated rings. The lowest BCUT2D eigenvalue weighted by Crippen LogP contribution is -2.40. The van der Waals surface area contributed by atoms with E-state index in [-0.39, 0.29) is 22.3 Å². The van der Waals surface area contributed by atoms with E-state index >= 15 is 0 Å². The summed E-state index contributed by atoms with van der Waals surface area (Å²) in [4.78, 5) is 0.175. The summed E-state index contributed by atoms with van der Waals surface area (Å²) in [6.45, 7) is 2.03. The third kappa shape index (κ3) is 4.33. The van der Waals surface area contributed by atoms with E-state index in [0.29, 0.717) is 23.5 Å². The molecule has 0 amide bonds. The molecule has 0 unspecified atom stereocenters. The molecule has 1 N–H and O–H groups in total. The maximum absolute atomic E-state index is 12.7. The zero-order chi connectivity index (χ0) is 14.8. The van der Waals surface area contributed by atoms with Crippen LogP contribution in [0.1, 0.15) is 12.8 Å². The van der Waals surface area contributed by atoms with Gasteiger partial charge in [0.15, 0.2) is 0 Å². The van der Waals surface area contributed by atoms with E-state index in [4.69, 9.17) is 11.6 Å². The number of hydrogen-bond donors (Lipinski definition) is 1. The topological polar surface area (TPSA) is 49.4 Å². The number of halogens is 3. The summed E-state index contributed by atoms with van der Waals surface area (Å²) in [5.41, 5.74) is 0. The maximum atomic E-state index is 12.7. The zero-order valence-electron chi connectivity index (χ0n) is 11.7. The Bertz CT molecular complexity index is 555. The fourth-order valence-electron chi connectivity index (χ4n) is 2.50. The number of nitrogens with one attached hydrogen (secondary N) is 1. The third-order valence-electron chi connectivity index (χ3n) is 3.58. The number of sulfonamides is 1. The molecular formula is C13H19BrCl2N2O2S. The molecule has 1 heterocycles. The molecule has 0 atom stereocenters. The highest BCUT2D eigenvalue weighted by atomic mass is 79.9. The number of piperidine rings is 1. The van der Waals surface area contributed by atoms with Crippen LogP contribution in [0.15, 0.2) is 27.6 Å². The van der Waals surface area contributed by atoms with Gasteiger partial charge in [-0.15, -0.1) is 12.4 Å². The number of benzene rings is 1. The number of rotatable bonds is 4. The van der Waals surface area contributed by atoms with Crippen molar-refractivity contribution in [2.24, 2.45) is 5.92 Å². The molecule has 1 aliphatic rings. The minimum absolute atomic E-state index is 0. The van der Waals surface area contributed by atoms with Gasteiger partial charge < -0.3 is 5.32 Å². The predicted molar refractivity (Wildman–Crippen MR) is 91.8 cm³/mol. The molecule has 0 spiro atoms. The summed E-state index contributed by atoms with van der Waals surface area (Å²) in [6, 6.07) is 5.03. The van der Waals surface area contributed by atoms with Crippen LogP contribution in [-0.2, 0) is 10.0 Å². The van der Waals surface area contributed by atoms with Crippen LogP contribution < -0.4 is 5.32 Å². The van der Waals surface area contributed by atoms with Crippen molar-refractivity contribution in [2.45, 2.75) is 17.7 Å². The van der Waals surface area contributed by atoms with Crippen molar-refractivity contribution in [1.82, 2.24) is 9.62 Å². The molecule has 1 aromatic carbocycles. The summed E-state index contributed by atoms with van der Waals surface area (Å²) in [7, 11) is -1.61. The van der Waals surface area contributed by atoms with Gasteiger partial charge >= 0.3 is 0 Å². The van der Waals surface area contributed by atoms with Crippen molar-refractivity contribution in [3.8, 4) is 0 Å². The maximum Gasteiger partial charge on any atom is 0.245 e. The third-order valence-corrected chi connectivity index (χ3v) is 6.93. The zero-order valence-corrected chi connectivity index (χ0v) is 15.7. The summed E-state index contributed by atoms with van der Waals surface area (Å²) < 4.78 is 27.4. The molecule has 8 heteroatoms. The first-order valence-electron chi connectivity index (χ1n) is 6.55. The lowest BCUT2D eigenvalue weighted by atomic mass is 9.98. The van der Waals surface area contributed by atoms with E-state index in [1.54, 1.807) is 18.2 Å². The van der Waals surface area contributed by atoms with Gasteiger partial charge in [-0.3, -0.25) is 0 Å². The summed E-state index contributed by atoms with van der Waals surface area (Å²) >= 11 is 9.35. The molecule has 120 valence electrons. The second kappa shape index (κ2) is 8.13. The molecule has 1 aliphatic heterocycles. The van der Waals surface area contributed by atoms with Gasteiger partial charge in [0.05, 0.1) is 5.02 Å². The highest BCUT2D eigenvalue weighted by Gasteiger charge is 2.31. The van der Waals surface area contributed by atoms with Crippen LogP contribution in [-0.4, -0.2) is 39.4 Å². The predicted octanol–water partition coefficient (Wildman–Crippen LogP) is 3.14. The van der Waals surface area contributed by atoms with Gasteiger partial charge in [0.2, 0.25) is 10.0 Å². The van der Waals surface area contributed by atoms with Crippen molar-refractivity contribution in [2.75, 3.05) is 26.7 Å². The molecule has 0 aromatic heterocycles. The first-order valence-corrected chi connectivity index (χ1v) is 9.16. The summed E-state index contributed by atoms with van der Waals surface area (Å²) in [6.07, 6.45) is 1.75. The van der Waals surface area contributed by atoms with E-state index in [2.05, 4.69) is 21.2 Å². The second-order valence-corrected chi connectivity index (χ2v) is 8.09. The Kier molecular flexibility index (Phi) is 7.43. The second-order valence-electron chi connectivity index (χ2n) is 4.96. The highest BCUT2D eigenvalue weighted by Crippen LogP contribution is 2.33. The Morgan fingerprint density at radius 2 is 2.00 bits per heavy atom. The van der Waals surface area contributed by atoms with E-state index in [1.165, 1.54) is 4.31 Å². The molecule has 0 aliphatic carbocycles. The Hall–Kier alpha value is 0.150. The molecule has 0 radical (unpaired) electrons. The molecule has 4 nitrogen and oxygen atoms in total. The Morgan fingerprint density at radius 3 is 2.52 bits per heavy atom. The molecule has 2 rings (SSSR count). The largest absolute Gasteiger partial charge is 0.319 e. The van der Waals surface area contributed by atoms with Crippen LogP contribution in [0, 0.1) is 5.92 Å². The van der Waals surface area contributed by atoms with Crippen LogP contribution in [0.3, 0.4) is 0 Å². The van der Waals surface area contributed by atoms with Crippen molar-refractivity contribution in [1.29, 1.82) is 0 Å². The van der Waals surface area contributed by atoms with Crippen LogP contribution >= 0.6 is 39.9 Å². The van der Waals surface area contributed by atoms with Gasteiger partial charge in [-0.05, 0) is 60.4 Å². The van der Waals surface area contributed by atoms with Crippen molar-refractivity contribution in [3.63, 3.8) is 0 Å². The SMILES string of the molecule is CNCC1CCN(S(=O)(=O)c2c(Cl)cccc2Br)CC1.Cl.